The molecule has 0 aliphatic rings. The minimum absolute atomic E-state index is 0.661. The molecule has 100 valence electrons. The van der Waals surface area contributed by atoms with Crippen LogP contribution in [0.5, 0.6) is 17.2 Å². The van der Waals surface area contributed by atoms with Crippen molar-refractivity contribution < 1.29 is 14.2 Å². The van der Waals surface area contributed by atoms with Crippen LogP contribution in [-0.2, 0) is 0 Å². The lowest BCUT2D eigenvalue weighted by molar-refractivity contribution is 0.377. The van der Waals surface area contributed by atoms with E-state index in [-0.39, 0.29) is 0 Å². The Bertz CT molecular complexity index is 556. The van der Waals surface area contributed by atoms with Crippen molar-refractivity contribution in [2.24, 2.45) is 0 Å². The Balaban J connectivity index is 2.71. The standard InChI is InChI=1S/C15H17NO3/c1-17-10-8-13(18-2)15(14(9-10)19-3)11-6-4-5-7-12(11)16/h4-9H,16H2,1-3H3. The molecule has 2 rings (SSSR count). The molecular weight excluding hydrogens is 242 g/mol. The largest absolute Gasteiger partial charge is 0.496 e. The molecule has 0 heterocycles. The summed E-state index contributed by atoms with van der Waals surface area (Å²) < 4.78 is 16.1. The molecule has 0 bridgehead atoms. The maximum Gasteiger partial charge on any atom is 0.134 e. The predicted molar refractivity (Wildman–Crippen MR) is 75.9 cm³/mol. The first kappa shape index (κ1) is 13.1. The lowest BCUT2D eigenvalue weighted by atomic mass is 10.0. The fraction of sp³-hybridized carbons (Fsp3) is 0.200. The molecule has 0 unspecified atom stereocenters. The molecule has 19 heavy (non-hydrogen) atoms. The third-order valence-electron chi connectivity index (χ3n) is 2.95. The molecule has 2 aromatic rings. The van der Waals surface area contributed by atoms with E-state index in [9.17, 15) is 0 Å². The molecule has 0 amide bonds. The van der Waals surface area contributed by atoms with Gasteiger partial charge in [-0.1, -0.05) is 18.2 Å². The smallest absolute Gasteiger partial charge is 0.134 e. The maximum atomic E-state index is 6.03. The SMILES string of the molecule is COc1cc(OC)c(-c2ccccc2N)c(OC)c1. The topological polar surface area (TPSA) is 53.7 Å². The molecule has 2 aromatic carbocycles. The summed E-state index contributed by atoms with van der Waals surface area (Å²) in [6.45, 7) is 0. The zero-order chi connectivity index (χ0) is 13.8. The van der Waals surface area contributed by atoms with Crippen LogP contribution in [0.2, 0.25) is 0 Å². The Hall–Kier alpha value is -2.36. The van der Waals surface area contributed by atoms with Gasteiger partial charge in [0.05, 0.1) is 26.9 Å². The highest BCUT2D eigenvalue weighted by molar-refractivity contribution is 5.85. The second-order valence-corrected chi connectivity index (χ2v) is 3.99. The number of hydrogen-bond acceptors (Lipinski definition) is 4. The third kappa shape index (κ3) is 2.42. The van der Waals surface area contributed by atoms with E-state index in [1.807, 2.05) is 36.4 Å². The molecular formula is C15H17NO3. The van der Waals surface area contributed by atoms with E-state index in [4.69, 9.17) is 19.9 Å². The van der Waals surface area contributed by atoms with Crippen LogP contribution in [0.1, 0.15) is 0 Å². The van der Waals surface area contributed by atoms with Crippen molar-refractivity contribution in [3.63, 3.8) is 0 Å². The number of nitrogen functional groups attached to an aromatic ring is 1. The molecule has 0 fully saturated rings. The van der Waals surface area contributed by atoms with E-state index < -0.39 is 0 Å². The van der Waals surface area contributed by atoms with Crippen LogP contribution in [0, 0.1) is 0 Å². The molecule has 2 N–H and O–H groups in total. The van der Waals surface area contributed by atoms with Crippen molar-refractivity contribution in [3.8, 4) is 28.4 Å². The molecule has 0 aliphatic heterocycles. The van der Waals surface area contributed by atoms with Crippen molar-refractivity contribution in [2.45, 2.75) is 0 Å². The Labute approximate surface area is 112 Å². The Morgan fingerprint density at radius 2 is 1.42 bits per heavy atom. The zero-order valence-corrected chi connectivity index (χ0v) is 11.3. The van der Waals surface area contributed by atoms with E-state index in [2.05, 4.69) is 0 Å². The summed E-state index contributed by atoms with van der Waals surface area (Å²) in [4.78, 5) is 0. The van der Waals surface area contributed by atoms with Gasteiger partial charge in [-0.2, -0.15) is 0 Å². The van der Waals surface area contributed by atoms with Gasteiger partial charge in [0, 0.05) is 23.4 Å². The number of rotatable bonds is 4. The van der Waals surface area contributed by atoms with Gasteiger partial charge < -0.3 is 19.9 Å². The van der Waals surface area contributed by atoms with E-state index in [0.29, 0.717) is 22.9 Å². The van der Waals surface area contributed by atoms with Crippen LogP contribution in [0.25, 0.3) is 11.1 Å². The highest BCUT2D eigenvalue weighted by atomic mass is 16.5. The number of benzene rings is 2. The van der Waals surface area contributed by atoms with Crippen molar-refractivity contribution in [2.75, 3.05) is 27.1 Å². The Morgan fingerprint density at radius 3 is 1.89 bits per heavy atom. The maximum absolute atomic E-state index is 6.03. The van der Waals surface area contributed by atoms with Gasteiger partial charge in [0.1, 0.15) is 17.2 Å². The number of anilines is 1. The molecule has 0 spiro atoms. The fourth-order valence-corrected chi connectivity index (χ4v) is 2.00. The molecule has 0 aliphatic carbocycles. The van der Waals surface area contributed by atoms with Gasteiger partial charge in [-0.05, 0) is 6.07 Å². The van der Waals surface area contributed by atoms with E-state index >= 15 is 0 Å². The summed E-state index contributed by atoms with van der Waals surface area (Å²) >= 11 is 0. The molecule has 4 heteroatoms. The highest BCUT2D eigenvalue weighted by Gasteiger charge is 2.16. The molecule has 4 nitrogen and oxygen atoms in total. The minimum atomic E-state index is 0.661. The van der Waals surface area contributed by atoms with Crippen LogP contribution >= 0.6 is 0 Å². The molecule has 0 saturated carbocycles. The van der Waals surface area contributed by atoms with Crippen LogP contribution in [0.15, 0.2) is 36.4 Å². The summed E-state index contributed by atoms with van der Waals surface area (Å²) in [5, 5.41) is 0. The first-order chi connectivity index (χ1) is 9.21. The third-order valence-corrected chi connectivity index (χ3v) is 2.95. The lowest BCUT2D eigenvalue weighted by Crippen LogP contribution is -1.97. The Kier molecular flexibility index (Phi) is 3.80. The van der Waals surface area contributed by atoms with E-state index in [1.165, 1.54) is 0 Å². The normalized spacial score (nSPS) is 10.1. The first-order valence-electron chi connectivity index (χ1n) is 5.86. The minimum Gasteiger partial charge on any atom is -0.496 e. The van der Waals surface area contributed by atoms with Crippen LogP contribution in [-0.4, -0.2) is 21.3 Å². The number of ether oxygens (including phenoxy) is 3. The van der Waals surface area contributed by atoms with Crippen molar-refractivity contribution >= 4 is 5.69 Å². The Morgan fingerprint density at radius 1 is 0.842 bits per heavy atom. The number of nitrogens with two attached hydrogens (primary N) is 1. The predicted octanol–water partition coefficient (Wildman–Crippen LogP) is 2.96. The average molecular weight is 259 g/mol. The van der Waals surface area contributed by atoms with Gasteiger partial charge in [0.2, 0.25) is 0 Å². The molecule has 0 atom stereocenters. The number of para-hydroxylation sites is 1. The average Bonchev–Trinajstić information content (AvgIpc) is 2.46. The summed E-state index contributed by atoms with van der Waals surface area (Å²) in [5.41, 5.74) is 8.40. The van der Waals surface area contributed by atoms with E-state index in [0.717, 1.165) is 11.1 Å². The van der Waals surface area contributed by atoms with Gasteiger partial charge in [0.25, 0.3) is 0 Å². The zero-order valence-electron chi connectivity index (χ0n) is 11.3. The van der Waals surface area contributed by atoms with Gasteiger partial charge in [-0.3, -0.25) is 0 Å². The van der Waals surface area contributed by atoms with Crippen molar-refractivity contribution in [3.05, 3.63) is 36.4 Å². The van der Waals surface area contributed by atoms with Gasteiger partial charge in [-0.15, -0.1) is 0 Å². The van der Waals surface area contributed by atoms with Crippen molar-refractivity contribution in [1.29, 1.82) is 0 Å². The van der Waals surface area contributed by atoms with Crippen LogP contribution in [0.3, 0.4) is 0 Å². The summed E-state index contributed by atoms with van der Waals surface area (Å²) in [7, 11) is 4.82. The quantitative estimate of drug-likeness (QED) is 0.858. The van der Waals surface area contributed by atoms with E-state index in [1.54, 1.807) is 21.3 Å². The van der Waals surface area contributed by atoms with Gasteiger partial charge in [-0.25, -0.2) is 0 Å². The fourth-order valence-electron chi connectivity index (χ4n) is 2.00. The van der Waals surface area contributed by atoms with Crippen molar-refractivity contribution in [1.82, 2.24) is 0 Å². The summed E-state index contributed by atoms with van der Waals surface area (Å²) in [6, 6.07) is 11.2. The lowest BCUT2D eigenvalue weighted by Gasteiger charge is -2.16. The summed E-state index contributed by atoms with van der Waals surface area (Å²) in [6.07, 6.45) is 0. The molecule has 0 radical (unpaired) electrons. The second kappa shape index (κ2) is 5.52. The summed E-state index contributed by atoms with van der Waals surface area (Å²) in [5.74, 6) is 2.00. The van der Waals surface area contributed by atoms with Crippen LogP contribution < -0.4 is 19.9 Å². The number of methoxy groups -OCH3 is 3. The highest BCUT2D eigenvalue weighted by Crippen LogP contribution is 2.43. The molecule has 0 aromatic heterocycles. The van der Waals surface area contributed by atoms with Gasteiger partial charge >= 0.3 is 0 Å². The van der Waals surface area contributed by atoms with Crippen LogP contribution in [0.4, 0.5) is 5.69 Å². The number of hydrogen-bond donors (Lipinski definition) is 1. The first-order valence-corrected chi connectivity index (χ1v) is 5.86. The molecule has 0 saturated heterocycles. The second-order valence-electron chi connectivity index (χ2n) is 3.99. The van der Waals surface area contributed by atoms with Gasteiger partial charge in [0.15, 0.2) is 0 Å². The monoisotopic (exact) mass is 259 g/mol.